The van der Waals surface area contributed by atoms with E-state index in [2.05, 4.69) is 10.3 Å². The van der Waals surface area contributed by atoms with Crippen LogP contribution in [0.5, 0.6) is 0 Å². The van der Waals surface area contributed by atoms with Crippen LogP contribution in [-0.4, -0.2) is 20.0 Å². The number of hydrogen-bond acceptors (Lipinski definition) is 5. The third-order valence-electron chi connectivity index (χ3n) is 2.69. The van der Waals surface area contributed by atoms with E-state index in [0.717, 1.165) is 4.09 Å². The van der Waals surface area contributed by atoms with E-state index in [1.807, 2.05) is 13.8 Å². The van der Waals surface area contributed by atoms with Gasteiger partial charge >= 0.3 is 5.56 Å². The van der Waals surface area contributed by atoms with Gasteiger partial charge in [-0.25, -0.2) is 9.07 Å². The number of rotatable bonds is 4. The Morgan fingerprint density at radius 1 is 1.43 bits per heavy atom. The molecular formula is C13H13ClN4O3. The molecule has 0 aliphatic rings. The molecule has 1 heterocycles. The number of non-ortho nitro benzene ring substituents is 1. The number of halogens is 1. The zero-order valence-electron chi connectivity index (χ0n) is 11.4. The summed E-state index contributed by atoms with van der Waals surface area (Å²) in [5.74, 6) is 0.134. The Morgan fingerprint density at radius 3 is 2.76 bits per heavy atom. The van der Waals surface area contributed by atoms with E-state index >= 15 is 0 Å². The van der Waals surface area contributed by atoms with Crippen LogP contribution in [0.25, 0.3) is 11.3 Å². The highest BCUT2D eigenvalue weighted by Crippen LogP contribution is 2.23. The van der Waals surface area contributed by atoms with Crippen molar-refractivity contribution >= 4 is 23.3 Å². The Bertz CT molecular complexity index is 742. The Morgan fingerprint density at radius 2 is 2.14 bits per heavy atom. The van der Waals surface area contributed by atoms with Crippen molar-refractivity contribution in [1.82, 2.24) is 9.07 Å². The van der Waals surface area contributed by atoms with Crippen LogP contribution in [0.15, 0.2) is 35.3 Å². The molecule has 1 aromatic heterocycles. The molecule has 0 amide bonds. The third-order valence-corrected chi connectivity index (χ3v) is 3.02. The summed E-state index contributed by atoms with van der Waals surface area (Å²) in [5, 5.41) is 13.7. The molecule has 1 N–H and O–H groups in total. The van der Waals surface area contributed by atoms with Gasteiger partial charge in [-0.1, -0.05) is 12.1 Å². The molecule has 21 heavy (non-hydrogen) atoms. The fourth-order valence-corrected chi connectivity index (χ4v) is 1.99. The molecule has 0 saturated carbocycles. The Hall–Kier alpha value is -2.41. The number of anilines is 1. The summed E-state index contributed by atoms with van der Waals surface area (Å²) in [4.78, 5) is 26.4. The number of nitro benzene ring substituents is 1. The molecule has 0 radical (unpaired) electrons. The maximum Gasteiger partial charge on any atom is 0.308 e. The predicted octanol–water partition coefficient (Wildman–Crippen LogP) is 2.64. The minimum atomic E-state index is -0.512. The highest BCUT2D eigenvalue weighted by Gasteiger charge is 2.14. The van der Waals surface area contributed by atoms with Crippen molar-refractivity contribution in [2.45, 2.75) is 19.9 Å². The molecule has 2 aromatic rings. The SMILES string of the molecule is CC(C)Nc1ncc(-c2cccc([N+](=O)[O-])c2)n(Cl)c1=O. The smallest absolute Gasteiger partial charge is 0.308 e. The van der Waals surface area contributed by atoms with Crippen LogP contribution in [0.1, 0.15) is 13.8 Å². The summed E-state index contributed by atoms with van der Waals surface area (Å²) in [5.41, 5.74) is 0.148. The molecule has 0 aliphatic carbocycles. The van der Waals surface area contributed by atoms with Crippen LogP contribution >= 0.6 is 11.8 Å². The Labute approximate surface area is 125 Å². The lowest BCUT2D eigenvalue weighted by atomic mass is 10.1. The van der Waals surface area contributed by atoms with E-state index in [9.17, 15) is 14.9 Å². The van der Waals surface area contributed by atoms with Gasteiger partial charge in [-0.3, -0.25) is 14.9 Å². The van der Waals surface area contributed by atoms with Crippen molar-refractivity contribution in [3.63, 3.8) is 0 Å². The zero-order valence-corrected chi connectivity index (χ0v) is 12.2. The zero-order chi connectivity index (χ0) is 15.6. The first-order valence-electron chi connectivity index (χ1n) is 6.19. The van der Waals surface area contributed by atoms with Gasteiger partial charge in [0.2, 0.25) is 0 Å². The molecule has 110 valence electrons. The summed E-state index contributed by atoms with van der Waals surface area (Å²) in [7, 11) is 0. The lowest BCUT2D eigenvalue weighted by Crippen LogP contribution is -2.24. The summed E-state index contributed by atoms with van der Waals surface area (Å²) in [6, 6.07) is 5.88. The summed E-state index contributed by atoms with van der Waals surface area (Å²) < 4.78 is 0.900. The molecule has 1 aromatic carbocycles. The fraction of sp³-hybridized carbons (Fsp3) is 0.231. The highest BCUT2D eigenvalue weighted by atomic mass is 35.5. The number of nitro groups is 1. The first-order chi connectivity index (χ1) is 9.90. The van der Waals surface area contributed by atoms with Crippen LogP contribution < -0.4 is 10.9 Å². The normalized spacial score (nSPS) is 10.7. The maximum absolute atomic E-state index is 12.1. The van der Waals surface area contributed by atoms with E-state index in [-0.39, 0.29) is 17.5 Å². The molecule has 8 heteroatoms. The molecule has 0 aliphatic heterocycles. The number of hydrogen-bond donors (Lipinski definition) is 1. The fourth-order valence-electron chi connectivity index (χ4n) is 1.77. The van der Waals surface area contributed by atoms with Gasteiger partial charge in [0.25, 0.3) is 5.69 Å². The van der Waals surface area contributed by atoms with Gasteiger partial charge in [-0.05, 0) is 13.8 Å². The standard InChI is InChI=1S/C13H13ClN4O3/c1-8(2)16-12-13(19)17(14)11(7-15-12)9-4-3-5-10(6-9)18(20)21/h3-8H,1-2H3,(H,15,16). The average Bonchev–Trinajstić information content (AvgIpc) is 2.44. The van der Waals surface area contributed by atoms with Crippen LogP contribution in [-0.2, 0) is 0 Å². The molecule has 7 nitrogen and oxygen atoms in total. The monoisotopic (exact) mass is 308 g/mol. The molecule has 2 rings (SSSR count). The number of benzene rings is 1. The van der Waals surface area contributed by atoms with Gasteiger partial charge in [0.15, 0.2) is 5.82 Å². The van der Waals surface area contributed by atoms with Crippen molar-refractivity contribution in [3.05, 3.63) is 50.9 Å². The predicted molar refractivity (Wildman–Crippen MR) is 80.6 cm³/mol. The van der Waals surface area contributed by atoms with Gasteiger partial charge in [0.05, 0.1) is 16.8 Å². The van der Waals surface area contributed by atoms with Crippen molar-refractivity contribution in [2.24, 2.45) is 0 Å². The van der Waals surface area contributed by atoms with Crippen molar-refractivity contribution < 1.29 is 4.92 Å². The topological polar surface area (TPSA) is 90.1 Å². The minimum absolute atomic E-state index is 0.0329. The second-order valence-electron chi connectivity index (χ2n) is 4.68. The van der Waals surface area contributed by atoms with Crippen molar-refractivity contribution in [1.29, 1.82) is 0 Å². The minimum Gasteiger partial charge on any atom is -0.363 e. The van der Waals surface area contributed by atoms with Gasteiger partial charge in [-0.15, -0.1) is 0 Å². The first-order valence-corrected chi connectivity index (χ1v) is 6.53. The summed E-state index contributed by atoms with van der Waals surface area (Å²) in [6.45, 7) is 3.74. The molecule has 0 spiro atoms. The number of nitrogens with one attached hydrogen (secondary N) is 1. The largest absolute Gasteiger partial charge is 0.363 e. The molecule has 0 bridgehead atoms. The van der Waals surface area contributed by atoms with Crippen molar-refractivity contribution in [3.8, 4) is 11.3 Å². The maximum atomic E-state index is 12.1. The quantitative estimate of drug-likeness (QED) is 0.692. The van der Waals surface area contributed by atoms with Crippen LogP contribution in [0, 0.1) is 10.1 Å². The Kier molecular flexibility index (Phi) is 4.23. The number of nitrogens with zero attached hydrogens (tertiary/aromatic N) is 3. The van der Waals surface area contributed by atoms with E-state index in [4.69, 9.17) is 11.8 Å². The molecule has 0 atom stereocenters. The van der Waals surface area contributed by atoms with Gasteiger partial charge in [-0.2, -0.15) is 0 Å². The highest BCUT2D eigenvalue weighted by molar-refractivity contribution is 6.17. The second kappa shape index (κ2) is 5.92. The molecule has 0 unspecified atom stereocenters. The summed E-state index contributed by atoms with van der Waals surface area (Å²) in [6.07, 6.45) is 1.40. The molecule has 0 saturated heterocycles. The van der Waals surface area contributed by atoms with Crippen LogP contribution in [0.4, 0.5) is 11.5 Å². The van der Waals surface area contributed by atoms with Crippen molar-refractivity contribution in [2.75, 3.05) is 5.32 Å². The van der Waals surface area contributed by atoms with Gasteiger partial charge in [0, 0.05) is 35.5 Å². The lowest BCUT2D eigenvalue weighted by molar-refractivity contribution is -0.384. The second-order valence-corrected chi connectivity index (χ2v) is 5.02. The lowest BCUT2D eigenvalue weighted by Gasteiger charge is -2.11. The molecular weight excluding hydrogens is 296 g/mol. The Balaban J connectivity index is 2.51. The van der Waals surface area contributed by atoms with Crippen LogP contribution in [0.3, 0.4) is 0 Å². The van der Waals surface area contributed by atoms with Crippen LogP contribution in [0.2, 0.25) is 0 Å². The van der Waals surface area contributed by atoms with E-state index in [1.54, 1.807) is 6.07 Å². The third kappa shape index (κ3) is 3.19. The first kappa shape index (κ1) is 15.0. The van der Waals surface area contributed by atoms with Gasteiger partial charge in [0.1, 0.15) is 0 Å². The summed E-state index contributed by atoms with van der Waals surface area (Å²) >= 11 is 6.00. The van der Waals surface area contributed by atoms with E-state index in [1.165, 1.54) is 24.4 Å². The van der Waals surface area contributed by atoms with E-state index < -0.39 is 10.5 Å². The van der Waals surface area contributed by atoms with Gasteiger partial charge < -0.3 is 5.32 Å². The van der Waals surface area contributed by atoms with E-state index in [0.29, 0.717) is 11.3 Å². The number of aromatic nitrogens is 2. The average molecular weight is 309 g/mol. The molecule has 0 fully saturated rings.